The van der Waals surface area contributed by atoms with Crippen molar-refractivity contribution in [3.63, 3.8) is 0 Å². The number of nitrogens with two attached hydrogens (primary N) is 1. The molecule has 0 aromatic carbocycles. The van der Waals surface area contributed by atoms with Crippen LogP contribution in [0, 0.1) is 5.41 Å². The summed E-state index contributed by atoms with van der Waals surface area (Å²) in [5.74, 6) is 0.633. The number of aromatic nitrogens is 3. The molecule has 1 heterocycles. The van der Waals surface area contributed by atoms with E-state index in [-0.39, 0.29) is 11.7 Å². The molecule has 0 radical (unpaired) electrons. The zero-order valence-electron chi connectivity index (χ0n) is 11.5. The van der Waals surface area contributed by atoms with E-state index in [1.165, 1.54) is 0 Å². The van der Waals surface area contributed by atoms with Gasteiger partial charge in [0.15, 0.2) is 5.84 Å². The first kappa shape index (κ1) is 14.3. The molecule has 1 saturated carbocycles. The third-order valence-electron chi connectivity index (χ3n) is 3.93. The third kappa shape index (κ3) is 2.59. The van der Waals surface area contributed by atoms with Crippen LogP contribution in [0.4, 0.5) is 0 Å². The molecule has 1 fully saturated rings. The largest absolute Gasteiger partial charge is 0.409 e. The van der Waals surface area contributed by atoms with Crippen molar-refractivity contribution in [1.29, 1.82) is 0 Å². The predicted molar refractivity (Wildman–Crippen MR) is 72.0 cm³/mol. The van der Waals surface area contributed by atoms with Crippen LogP contribution in [0.15, 0.2) is 11.5 Å². The molecule has 0 bridgehead atoms. The highest BCUT2D eigenvalue weighted by Gasteiger charge is 2.45. The number of amidine groups is 1. The van der Waals surface area contributed by atoms with Crippen LogP contribution >= 0.6 is 0 Å². The first-order valence-electron chi connectivity index (χ1n) is 6.69. The summed E-state index contributed by atoms with van der Waals surface area (Å²) in [6.07, 6.45) is 5.28. The molecular formula is C12H20N6O2. The average Bonchev–Trinajstić information content (AvgIpc) is 3.08. The van der Waals surface area contributed by atoms with Crippen LogP contribution in [0.3, 0.4) is 0 Å². The van der Waals surface area contributed by atoms with Crippen molar-refractivity contribution in [1.82, 2.24) is 20.1 Å². The van der Waals surface area contributed by atoms with Gasteiger partial charge in [-0.15, -0.1) is 10.2 Å². The molecule has 0 unspecified atom stereocenters. The van der Waals surface area contributed by atoms with Gasteiger partial charge in [0, 0.05) is 20.0 Å². The molecule has 1 aromatic rings. The highest BCUT2D eigenvalue weighted by atomic mass is 16.4. The molecule has 1 amide bonds. The number of nitrogens with one attached hydrogen (secondary N) is 1. The van der Waals surface area contributed by atoms with Gasteiger partial charge in [-0.05, 0) is 12.8 Å². The molecular weight excluding hydrogens is 260 g/mol. The first-order valence-corrected chi connectivity index (χ1v) is 6.69. The van der Waals surface area contributed by atoms with Gasteiger partial charge in [-0.2, -0.15) is 0 Å². The summed E-state index contributed by atoms with van der Waals surface area (Å²) in [4.78, 5) is 12.4. The number of amides is 1. The molecule has 1 aliphatic rings. The molecule has 0 atom stereocenters. The van der Waals surface area contributed by atoms with E-state index in [1.807, 2.05) is 7.05 Å². The Morgan fingerprint density at radius 1 is 1.60 bits per heavy atom. The van der Waals surface area contributed by atoms with Crippen molar-refractivity contribution < 1.29 is 10.0 Å². The van der Waals surface area contributed by atoms with E-state index in [9.17, 15) is 4.79 Å². The van der Waals surface area contributed by atoms with E-state index < -0.39 is 5.41 Å². The van der Waals surface area contributed by atoms with Gasteiger partial charge in [0.1, 0.15) is 17.6 Å². The number of nitrogens with zero attached hydrogens (tertiary/aromatic N) is 4. The lowest BCUT2D eigenvalue weighted by Gasteiger charge is -2.25. The Bertz CT molecular complexity index is 504. The van der Waals surface area contributed by atoms with Gasteiger partial charge in [0.2, 0.25) is 5.91 Å². The van der Waals surface area contributed by atoms with E-state index in [0.29, 0.717) is 25.8 Å². The minimum absolute atomic E-state index is 0.00570. The number of aryl methyl sites for hydroxylation is 1. The molecule has 2 rings (SSSR count). The van der Waals surface area contributed by atoms with E-state index >= 15 is 0 Å². The topological polar surface area (TPSA) is 118 Å². The minimum atomic E-state index is -0.853. The highest BCUT2D eigenvalue weighted by molar-refractivity contribution is 6.07. The summed E-state index contributed by atoms with van der Waals surface area (Å²) in [6, 6.07) is 0. The van der Waals surface area contributed by atoms with Crippen LogP contribution in [0.25, 0.3) is 0 Å². The summed E-state index contributed by atoms with van der Waals surface area (Å²) in [5, 5.41) is 22.5. The normalized spacial score (nSPS) is 18.1. The van der Waals surface area contributed by atoms with E-state index in [1.54, 1.807) is 10.9 Å². The van der Waals surface area contributed by atoms with Crippen molar-refractivity contribution in [2.24, 2.45) is 23.4 Å². The SMILES string of the molecule is Cn1cnnc1CCNC(=O)C1(C(N)=NO)CCCC1. The number of hydrogen-bond acceptors (Lipinski definition) is 5. The summed E-state index contributed by atoms with van der Waals surface area (Å²) in [7, 11) is 1.85. The van der Waals surface area contributed by atoms with Gasteiger partial charge in [-0.1, -0.05) is 18.0 Å². The Morgan fingerprint density at radius 2 is 2.30 bits per heavy atom. The maximum atomic E-state index is 12.4. The number of carbonyl (C=O) groups is 1. The Morgan fingerprint density at radius 3 is 2.85 bits per heavy atom. The Labute approximate surface area is 117 Å². The molecule has 0 aliphatic heterocycles. The van der Waals surface area contributed by atoms with Crippen LogP contribution in [-0.4, -0.2) is 38.3 Å². The lowest BCUT2D eigenvalue weighted by molar-refractivity contribution is -0.127. The standard InChI is InChI=1S/C12H20N6O2/c1-18-8-15-16-9(18)4-7-14-11(19)12(10(13)17-20)5-2-3-6-12/h8,20H,2-7H2,1H3,(H2,13,17)(H,14,19). The fraction of sp³-hybridized carbons (Fsp3) is 0.667. The Hall–Kier alpha value is -2.12. The summed E-state index contributed by atoms with van der Waals surface area (Å²) in [5.41, 5.74) is 4.86. The van der Waals surface area contributed by atoms with Crippen LogP contribution in [0.1, 0.15) is 31.5 Å². The molecule has 1 aliphatic carbocycles. The number of rotatable bonds is 5. The Kier molecular flexibility index (Phi) is 4.21. The second-order valence-corrected chi connectivity index (χ2v) is 5.14. The molecule has 8 nitrogen and oxygen atoms in total. The van der Waals surface area contributed by atoms with Crippen molar-refractivity contribution in [2.45, 2.75) is 32.1 Å². The minimum Gasteiger partial charge on any atom is -0.409 e. The second-order valence-electron chi connectivity index (χ2n) is 5.14. The molecule has 0 spiro atoms. The second kappa shape index (κ2) is 5.89. The Balaban J connectivity index is 1.95. The smallest absolute Gasteiger partial charge is 0.233 e. The quantitative estimate of drug-likeness (QED) is 0.298. The van der Waals surface area contributed by atoms with Crippen LogP contribution < -0.4 is 11.1 Å². The van der Waals surface area contributed by atoms with Crippen LogP contribution in [0.5, 0.6) is 0 Å². The van der Waals surface area contributed by atoms with Crippen LogP contribution in [0.2, 0.25) is 0 Å². The van der Waals surface area contributed by atoms with Crippen LogP contribution in [-0.2, 0) is 18.3 Å². The maximum Gasteiger partial charge on any atom is 0.233 e. The van der Waals surface area contributed by atoms with Crippen molar-refractivity contribution in [3.8, 4) is 0 Å². The maximum absolute atomic E-state index is 12.4. The van der Waals surface area contributed by atoms with Gasteiger partial charge in [-0.25, -0.2) is 0 Å². The van der Waals surface area contributed by atoms with Gasteiger partial charge >= 0.3 is 0 Å². The molecule has 20 heavy (non-hydrogen) atoms. The zero-order valence-corrected chi connectivity index (χ0v) is 11.5. The lowest BCUT2D eigenvalue weighted by atomic mass is 9.84. The van der Waals surface area contributed by atoms with Crippen molar-refractivity contribution in [3.05, 3.63) is 12.2 Å². The molecule has 4 N–H and O–H groups in total. The van der Waals surface area contributed by atoms with E-state index in [0.717, 1.165) is 18.7 Å². The fourth-order valence-electron chi connectivity index (χ4n) is 2.66. The van der Waals surface area contributed by atoms with E-state index in [4.69, 9.17) is 10.9 Å². The first-order chi connectivity index (χ1) is 9.60. The molecule has 0 saturated heterocycles. The molecule has 1 aromatic heterocycles. The number of hydrogen-bond donors (Lipinski definition) is 3. The monoisotopic (exact) mass is 280 g/mol. The third-order valence-corrected chi connectivity index (χ3v) is 3.93. The summed E-state index contributed by atoms with van der Waals surface area (Å²) in [6.45, 7) is 0.450. The number of oxime groups is 1. The summed E-state index contributed by atoms with van der Waals surface area (Å²) >= 11 is 0. The highest BCUT2D eigenvalue weighted by Crippen LogP contribution is 2.38. The predicted octanol–water partition coefficient (Wildman–Crippen LogP) is -0.219. The van der Waals surface area contributed by atoms with E-state index in [2.05, 4.69) is 20.7 Å². The zero-order chi connectivity index (χ0) is 14.6. The van der Waals surface area contributed by atoms with Gasteiger partial charge in [-0.3, -0.25) is 4.79 Å². The van der Waals surface area contributed by atoms with Crippen molar-refractivity contribution >= 4 is 11.7 Å². The van der Waals surface area contributed by atoms with Crippen molar-refractivity contribution in [2.75, 3.05) is 6.54 Å². The fourth-order valence-corrected chi connectivity index (χ4v) is 2.66. The molecule has 110 valence electrons. The number of carbonyl (C=O) groups excluding carboxylic acids is 1. The average molecular weight is 280 g/mol. The van der Waals surface area contributed by atoms with Gasteiger partial charge in [0.25, 0.3) is 0 Å². The molecule has 8 heteroatoms. The van der Waals surface area contributed by atoms with Gasteiger partial charge in [0.05, 0.1) is 0 Å². The summed E-state index contributed by atoms with van der Waals surface area (Å²) < 4.78 is 1.81. The van der Waals surface area contributed by atoms with Gasteiger partial charge < -0.3 is 20.8 Å². The lowest BCUT2D eigenvalue weighted by Crippen LogP contribution is -2.48.